The van der Waals surface area contributed by atoms with Crippen molar-refractivity contribution >= 4 is 22.9 Å². The molecule has 2 heterocycles. The fourth-order valence-corrected chi connectivity index (χ4v) is 3.53. The van der Waals surface area contributed by atoms with Gasteiger partial charge >= 0.3 is 11.7 Å². The summed E-state index contributed by atoms with van der Waals surface area (Å²) in [6.07, 6.45) is 1.45. The average molecular weight is 331 g/mol. The highest BCUT2D eigenvalue weighted by Crippen LogP contribution is 2.21. The molecule has 1 aliphatic heterocycles. The molecule has 1 aromatic heterocycles. The highest BCUT2D eigenvalue weighted by Gasteiger charge is 2.31. The summed E-state index contributed by atoms with van der Waals surface area (Å²) in [6.45, 7) is 2.93. The molecule has 1 unspecified atom stereocenters. The number of fused-ring (bicyclic) bond motifs is 1. The predicted octanol–water partition coefficient (Wildman–Crippen LogP) is 1.29. The van der Waals surface area contributed by atoms with Crippen LogP contribution in [0, 0.1) is 0 Å². The van der Waals surface area contributed by atoms with Crippen molar-refractivity contribution in [1.82, 2.24) is 14.0 Å². The van der Waals surface area contributed by atoms with Crippen LogP contribution in [0.15, 0.2) is 29.1 Å². The van der Waals surface area contributed by atoms with Gasteiger partial charge in [0.1, 0.15) is 6.54 Å². The number of likely N-dealkylation sites (tertiary alicyclic amines) is 1. The Labute approximate surface area is 139 Å². The smallest absolute Gasteiger partial charge is 0.329 e. The number of carboxylic acid groups (broad SMARTS) is 1. The molecular weight excluding hydrogens is 310 g/mol. The summed E-state index contributed by atoms with van der Waals surface area (Å²) < 4.78 is 3.12. The van der Waals surface area contributed by atoms with E-state index in [-0.39, 0.29) is 30.6 Å². The summed E-state index contributed by atoms with van der Waals surface area (Å²) in [5, 5.41) is 8.99. The van der Waals surface area contributed by atoms with E-state index in [2.05, 4.69) is 0 Å². The third-order valence-electron chi connectivity index (χ3n) is 4.64. The topological polar surface area (TPSA) is 84.5 Å². The van der Waals surface area contributed by atoms with E-state index >= 15 is 0 Å². The number of aryl methyl sites for hydroxylation is 1. The lowest BCUT2D eigenvalue weighted by molar-refractivity contribution is -0.140. The molecule has 1 amide bonds. The Kier molecular flexibility index (Phi) is 4.42. The van der Waals surface area contributed by atoms with Gasteiger partial charge < -0.3 is 10.0 Å². The monoisotopic (exact) mass is 331 g/mol. The van der Waals surface area contributed by atoms with E-state index in [4.69, 9.17) is 5.11 Å². The van der Waals surface area contributed by atoms with Crippen LogP contribution in [0.25, 0.3) is 11.0 Å². The van der Waals surface area contributed by atoms with E-state index in [0.717, 1.165) is 17.5 Å². The van der Waals surface area contributed by atoms with Crippen LogP contribution in [0.2, 0.25) is 0 Å². The lowest BCUT2D eigenvalue weighted by Crippen LogP contribution is -2.40. The maximum Gasteiger partial charge on any atom is 0.329 e. The number of hydrogen-bond donors (Lipinski definition) is 1. The van der Waals surface area contributed by atoms with Crippen molar-refractivity contribution in [3.05, 3.63) is 34.7 Å². The minimum atomic E-state index is -0.903. The average Bonchev–Trinajstić information content (AvgIpc) is 3.10. The van der Waals surface area contributed by atoms with Crippen LogP contribution in [0.1, 0.15) is 26.2 Å². The maximum absolute atomic E-state index is 12.7. The minimum absolute atomic E-state index is 0.0443. The first kappa shape index (κ1) is 16.3. The van der Waals surface area contributed by atoms with Gasteiger partial charge in [0.25, 0.3) is 0 Å². The number of imidazole rings is 1. The lowest BCUT2D eigenvalue weighted by Gasteiger charge is -2.23. The van der Waals surface area contributed by atoms with Crippen LogP contribution in [0.5, 0.6) is 0 Å². The third kappa shape index (κ3) is 2.81. The van der Waals surface area contributed by atoms with Crippen molar-refractivity contribution in [3.63, 3.8) is 0 Å². The Morgan fingerprint density at radius 3 is 2.50 bits per heavy atom. The molecule has 1 saturated heterocycles. The number of rotatable bonds is 5. The molecular formula is C17H21N3O4. The van der Waals surface area contributed by atoms with Crippen LogP contribution in [0.3, 0.4) is 0 Å². The molecule has 1 N–H and O–H groups in total. The molecule has 128 valence electrons. The SMILES string of the molecule is CCn1c(=O)n(CC(=O)N2CCCC2CC(=O)O)c2ccccc21. The molecule has 2 aromatic rings. The number of benzene rings is 1. The van der Waals surface area contributed by atoms with Crippen LogP contribution in [0.4, 0.5) is 0 Å². The highest BCUT2D eigenvalue weighted by atomic mass is 16.4. The Morgan fingerprint density at radius 1 is 1.21 bits per heavy atom. The van der Waals surface area contributed by atoms with Crippen LogP contribution < -0.4 is 5.69 Å². The number of aromatic nitrogens is 2. The summed E-state index contributed by atoms with van der Waals surface area (Å²) in [5.74, 6) is -1.10. The number of hydrogen-bond acceptors (Lipinski definition) is 3. The van der Waals surface area contributed by atoms with Crippen molar-refractivity contribution in [1.29, 1.82) is 0 Å². The zero-order chi connectivity index (χ0) is 17.3. The van der Waals surface area contributed by atoms with Gasteiger partial charge in [-0.25, -0.2) is 4.79 Å². The zero-order valence-electron chi connectivity index (χ0n) is 13.6. The first-order valence-electron chi connectivity index (χ1n) is 8.22. The van der Waals surface area contributed by atoms with Gasteiger partial charge in [-0.15, -0.1) is 0 Å². The molecule has 7 heteroatoms. The van der Waals surface area contributed by atoms with Gasteiger partial charge in [0, 0.05) is 19.1 Å². The molecule has 0 spiro atoms. The first-order chi connectivity index (χ1) is 11.5. The van der Waals surface area contributed by atoms with Crippen molar-refractivity contribution in [3.8, 4) is 0 Å². The minimum Gasteiger partial charge on any atom is -0.481 e. The van der Waals surface area contributed by atoms with Gasteiger partial charge in [0.15, 0.2) is 0 Å². The Bertz CT molecular complexity index is 836. The van der Waals surface area contributed by atoms with E-state index in [9.17, 15) is 14.4 Å². The van der Waals surface area contributed by atoms with E-state index in [1.54, 1.807) is 9.47 Å². The predicted molar refractivity (Wildman–Crippen MR) is 88.9 cm³/mol. The van der Waals surface area contributed by atoms with E-state index in [0.29, 0.717) is 19.5 Å². The summed E-state index contributed by atoms with van der Waals surface area (Å²) in [7, 11) is 0. The number of amides is 1. The molecule has 0 bridgehead atoms. The van der Waals surface area contributed by atoms with Gasteiger partial charge in [-0.1, -0.05) is 12.1 Å². The van der Waals surface area contributed by atoms with Crippen LogP contribution in [-0.4, -0.2) is 43.6 Å². The normalized spacial score (nSPS) is 17.5. The second-order valence-electron chi connectivity index (χ2n) is 6.08. The second kappa shape index (κ2) is 6.51. The molecule has 7 nitrogen and oxygen atoms in total. The zero-order valence-corrected chi connectivity index (χ0v) is 13.6. The first-order valence-corrected chi connectivity index (χ1v) is 8.22. The molecule has 3 rings (SSSR count). The molecule has 1 aromatic carbocycles. The largest absolute Gasteiger partial charge is 0.481 e. The van der Waals surface area contributed by atoms with Crippen molar-refractivity contribution < 1.29 is 14.7 Å². The number of carbonyl (C=O) groups excluding carboxylic acids is 1. The standard InChI is InChI=1S/C17H21N3O4/c1-2-18-13-7-3-4-8-14(13)20(17(18)24)11-15(21)19-9-5-6-12(19)10-16(22)23/h3-4,7-8,12H,2,5-6,9-11H2,1H3,(H,22,23). The van der Waals surface area contributed by atoms with Crippen molar-refractivity contribution in [2.45, 2.75) is 45.3 Å². The quantitative estimate of drug-likeness (QED) is 0.895. The molecule has 0 radical (unpaired) electrons. The molecule has 0 saturated carbocycles. The van der Waals surface area contributed by atoms with Gasteiger partial charge in [0.05, 0.1) is 17.5 Å². The van der Waals surface area contributed by atoms with E-state index in [1.807, 2.05) is 31.2 Å². The summed E-state index contributed by atoms with van der Waals surface area (Å²) in [5.41, 5.74) is 1.33. The maximum atomic E-state index is 12.7. The Morgan fingerprint density at radius 2 is 1.88 bits per heavy atom. The molecule has 24 heavy (non-hydrogen) atoms. The number of para-hydroxylation sites is 2. The second-order valence-corrected chi connectivity index (χ2v) is 6.08. The van der Waals surface area contributed by atoms with Gasteiger partial charge in [-0.2, -0.15) is 0 Å². The Balaban J connectivity index is 1.90. The highest BCUT2D eigenvalue weighted by molar-refractivity contribution is 5.81. The van der Waals surface area contributed by atoms with Gasteiger partial charge in [0.2, 0.25) is 5.91 Å². The fourth-order valence-electron chi connectivity index (χ4n) is 3.53. The van der Waals surface area contributed by atoms with Gasteiger partial charge in [-0.05, 0) is 31.9 Å². The molecule has 1 aliphatic rings. The molecule has 1 atom stereocenters. The Hall–Kier alpha value is -2.57. The number of aliphatic carboxylic acids is 1. The summed E-state index contributed by atoms with van der Waals surface area (Å²) in [6, 6.07) is 7.12. The summed E-state index contributed by atoms with van der Waals surface area (Å²) in [4.78, 5) is 37.8. The number of carbonyl (C=O) groups is 2. The molecule has 0 aliphatic carbocycles. The van der Waals surface area contributed by atoms with Crippen molar-refractivity contribution in [2.75, 3.05) is 6.54 Å². The fraction of sp³-hybridized carbons (Fsp3) is 0.471. The van der Waals surface area contributed by atoms with Gasteiger partial charge in [-0.3, -0.25) is 18.7 Å². The van der Waals surface area contributed by atoms with Crippen molar-refractivity contribution in [2.24, 2.45) is 0 Å². The van der Waals surface area contributed by atoms with Crippen LogP contribution >= 0.6 is 0 Å². The van der Waals surface area contributed by atoms with E-state index in [1.165, 1.54) is 4.57 Å². The van der Waals surface area contributed by atoms with Crippen LogP contribution in [-0.2, 0) is 22.7 Å². The molecule has 1 fully saturated rings. The lowest BCUT2D eigenvalue weighted by atomic mass is 10.1. The number of nitrogens with zero attached hydrogens (tertiary/aromatic N) is 3. The third-order valence-corrected chi connectivity index (χ3v) is 4.64. The summed E-state index contributed by atoms with van der Waals surface area (Å²) >= 11 is 0. The number of carboxylic acids is 1. The van der Waals surface area contributed by atoms with E-state index < -0.39 is 5.97 Å².